The third-order valence-corrected chi connectivity index (χ3v) is 8.21. The lowest BCUT2D eigenvalue weighted by molar-refractivity contribution is -0.122. The predicted molar refractivity (Wildman–Crippen MR) is 149 cm³/mol. The third kappa shape index (κ3) is 4.27. The largest absolute Gasteiger partial charge is 0.508 e. The van der Waals surface area contributed by atoms with Crippen molar-refractivity contribution in [1.29, 1.82) is 0 Å². The molecular weight excluding hydrogens is 476 g/mol. The summed E-state index contributed by atoms with van der Waals surface area (Å²) in [6.45, 7) is 6.43. The molecule has 6 heteroatoms. The number of hydrogen-bond donors (Lipinski definition) is 1. The Balaban J connectivity index is 1.54. The molecule has 3 aromatic carbocycles. The number of aliphatic imine (C=N–C) groups is 1. The molecule has 2 aliphatic heterocycles. The van der Waals surface area contributed by atoms with E-state index >= 15 is 0 Å². The molecule has 0 aromatic heterocycles. The number of anilines is 1. The summed E-state index contributed by atoms with van der Waals surface area (Å²) in [7, 11) is 1.69. The molecule has 1 aliphatic carbocycles. The number of rotatable bonds is 5. The maximum absolute atomic E-state index is 14.2. The Bertz CT molecular complexity index is 1400. The number of ketones is 1. The molecule has 6 rings (SSSR count). The van der Waals surface area contributed by atoms with Crippen molar-refractivity contribution in [1.82, 2.24) is 0 Å². The Kier molecular flexibility index (Phi) is 6.23. The van der Waals surface area contributed by atoms with E-state index in [1.54, 1.807) is 19.2 Å². The molecule has 1 saturated heterocycles. The molecule has 3 aliphatic rings. The highest BCUT2D eigenvalue weighted by Gasteiger charge is 2.52. The van der Waals surface area contributed by atoms with Crippen molar-refractivity contribution in [2.75, 3.05) is 12.0 Å². The molecule has 0 bridgehead atoms. The zero-order valence-corrected chi connectivity index (χ0v) is 22.3. The van der Waals surface area contributed by atoms with Crippen molar-refractivity contribution in [2.45, 2.75) is 63.8 Å². The van der Waals surface area contributed by atoms with Crippen LogP contribution in [0, 0.1) is 5.92 Å². The molecule has 6 nitrogen and oxygen atoms in total. The Morgan fingerprint density at radius 2 is 1.79 bits per heavy atom. The average molecular weight is 511 g/mol. The predicted octanol–water partition coefficient (Wildman–Crippen LogP) is 6.67. The van der Waals surface area contributed by atoms with E-state index in [0.29, 0.717) is 18.8 Å². The first-order valence-corrected chi connectivity index (χ1v) is 13.5. The zero-order chi connectivity index (χ0) is 26.6. The van der Waals surface area contributed by atoms with Crippen LogP contribution in [0.4, 0.5) is 11.4 Å². The van der Waals surface area contributed by atoms with E-state index in [2.05, 4.69) is 43.9 Å². The molecule has 2 heterocycles. The molecule has 2 fully saturated rings. The van der Waals surface area contributed by atoms with Gasteiger partial charge in [-0.1, -0.05) is 44.2 Å². The van der Waals surface area contributed by atoms with Gasteiger partial charge in [0.05, 0.1) is 30.4 Å². The number of para-hydroxylation sites is 2. The van der Waals surface area contributed by atoms with Crippen LogP contribution in [-0.2, 0) is 9.53 Å². The Labute approximate surface area is 223 Å². The normalized spacial score (nSPS) is 26.3. The maximum Gasteiger partial charge on any atom is 0.157 e. The van der Waals surface area contributed by atoms with Gasteiger partial charge in [-0.25, -0.2) is 0 Å². The molecule has 196 valence electrons. The third-order valence-electron chi connectivity index (χ3n) is 8.21. The van der Waals surface area contributed by atoms with Crippen LogP contribution in [0.15, 0.2) is 71.7 Å². The fourth-order valence-electron chi connectivity index (χ4n) is 6.14. The van der Waals surface area contributed by atoms with Gasteiger partial charge in [0, 0.05) is 17.7 Å². The number of phenols is 1. The minimum Gasteiger partial charge on any atom is -0.508 e. The van der Waals surface area contributed by atoms with Gasteiger partial charge >= 0.3 is 0 Å². The van der Waals surface area contributed by atoms with Crippen LogP contribution in [0.5, 0.6) is 11.5 Å². The van der Waals surface area contributed by atoms with Crippen molar-refractivity contribution in [3.05, 3.63) is 83.4 Å². The van der Waals surface area contributed by atoms with Gasteiger partial charge in [-0.2, -0.15) is 0 Å². The van der Waals surface area contributed by atoms with E-state index in [9.17, 15) is 9.90 Å². The number of aromatic hydroxyl groups is 1. The maximum atomic E-state index is 14.2. The van der Waals surface area contributed by atoms with Crippen molar-refractivity contribution in [3.63, 3.8) is 0 Å². The van der Waals surface area contributed by atoms with Crippen molar-refractivity contribution >= 4 is 22.9 Å². The van der Waals surface area contributed by atoms with E-state index in [-0.39, 0.29) is 35.8 Å². The number of Topliss-reactive ketones (excluding diaryl/α,β-unsaturated/α-hetero) is 1. The van der Waals surface area contributed by atoms with Crippen molar-refractivity contribution in [2.24, 2.45) is 10.9 Å². The van der Waals surface area contributed by atoms with E-state index in [1.165, 1.54) is 5.56 Å². The van der Waals surface area contributed by atoms with Gasteiger partial charge in [0.1, 0.15) is 23.4 Å². The first-order valence-electron chi connectivity index (χ1n) is 13.5. The molecule has 1 saturated carbocycles. The molecule has 1 N–H and O–H groups in total. The summed E-state index contributed by atoms with van der Waals surface area (Å²) < 4.78 is 12.0. The molecular formula is C32H34N2O4. The second-order valence-electron chi connectivity index (χ2n) is 11.0. The first-order chi connectivity index (χ1) is 18.4. The van der Waals surface area contributed by atoms with Gasteiger partial charge in [0.25, 0.3) is 0 Å². The number of epoxide rings is 1. The average Bonchev–Trinajstić information content (AvgIpc) is 3.66. The molecule has 0 amide bonds. The second-order valence-corrected chi connectivity index (χ2v) is 11.0. The fraction of sp³-hybridized carbons (Fsp3) is 0.375. The SMILES string of the molecule is COc1ccc(C(C)C)cc1C1C2C(=O)CC(c3ccc(O)cc3)CC2=Nc2ccccc2N1C1OC1C. The molecule has 0 radical (unpaired) electrons. The number of nitrogens with zero attached hydrogens (tertiary/aromatic N) is 2. The van der Waals surface area contributed by atoms with Crippen molar-refractivity contribution in [3.8, 4) is 11.5 Å². The second kappa shape index (κ2) is 9.59. The Morgan fingerprint density at radius 3 is 2.47 bits per heavy atom. The number of benzene rings is 3. The highest BCUT2D eigenvalue weighted by atomic mass is 16.6. The number of phenolic OH excluding ortho intramolecular Hbond substituents is 1. The lowest BCUT2D eigenvalue weighted by Crippen LogP contribution is -2.45. The van der Waals surface area contributed by atoms with Crippen LogP contribution in [0.3, 0.4) is 0 Å². The Morgan fingerprint density at radius 1 is 1.05 bits per heavy atom. The number of carbonyl (C=O) groups is 1. The molecule has 0 spiro atoms. The Hall–Kier alpha value is -3.64. The van der Waals surface area contributed by atoms with Crippen molar-refractivity contribution < 1.29 is 19.4 Å². The smallest absolute Gasteiger partial charge is 0.157 e. The summed E-state index contributed by atoms with van der Waals surface area (Å²) in [6.07, 6.45) is 0.996. The summed E-state index contributed by atoms with van der Waals surface area (Å²) in [5.41, 5.74) is 5.96. The van der Waals surface area contributed by atoms with E-state index in [0.717, 1.165) is 34.0 Å². The topological polar surface area (TPSA) is 74.7 Å². The van der Waals surface area contributed by atoms with Gasteiger partial charge in [0.15, 0.2) is 6.23 Å². The molecule has 5 unspecified atom stereocenters. The molecule has 3 aromatic rings. The van der Waals surface area contributed by atoms with Gasteiger partial charge in [-0.05, 0) is 72.7 Å². The summed E-state index contributed by atoms with van der Waals surface area (Å²) >= 11 is 0. The van der Waals surface area contributed by atoms with Gasteiger partial charge in [-0.3, -0.25) is 9.79 Å². The van der Waals surface area contributed by atoms with Crippen LogP contribution >= 0.6 is 0 Å². The minimum atomic E-state index is -0.427. The standard InChI is InChI=1S/C32H34N2O4/c1-18(2)21-11-14-29(37-4)24(15-21)31-30-26(16-22(17-28(30)36)20-9-12-23(35)13-10-20)33-25-7-5-6-8-27(25)34(31)32-19(3)38-32/h5-15,18-19,22,30-32,35H,16-17H2,1-4H3. The van der Waals surface area contributed by atoms with E-state index in [4.69, 9.17) is 14.5 Å². The van der Waals surface area contributed by atoms with E-state index in [1.807, 2.05) is 36.4 Å². The van der Waals surface area contributed by atoms with Gasteiger partial charge < -0.3 is 19.5 Å². The lowest BCUT2D eigenvalue weighted by Gasteiger charge is -2.40. The molecule has 5 atom stereocenters. The van der Waals surface area contributed by atoms with Crippen LogP contribution in [0.25, 0.3) is 0 Å². The number of carbonyl (C=O) groups excluding carboxylic acids is 1. The monoisotopic (exact) mass is 510 g/mol. The van der Waals surface area contributed by atoms with Gasteiger partial charge in [0.2, 0.25) is 0 Å². The number of fused-ring (bicyclic) bond motifs is 2. The van der Waals surface area contributed by atoms with Crippen LogP contribution in [-0.4, -0.2) is 36.0 Å². The van der Waals surface area contributed by atoms with Gasteiger partial charge in [-0.15, -0.1) is 0 Å². The number of hydrogen-bond acceptors (Lipinski definition) is 6. The molecule has 38 heavy (non-hydrogen) atoms. The van der Waals surface area contributed by atoms with E-state index < -0.39 is 5.92 Å². The number of methoxy groups -OCH3 is 1. The van der Waals surface area contributed by atoms with Crippen LogP contribution in [0.1, 0.15) is 68.2 Å². The lowest BCUT2D eigenvalue weighted by atomic mass is 9.71. The summed E-state index contributed by atoms with van der Waals surface area (Å²) in [5, 5.41) is 9.80. The fourth-order valence-corrected chi connectivity index (χ4v) is 6.14. The highest BCUT2D eigenvalue weighted by Crippen LogP contribution is 2.52. The highest BCUT2D eigenvalue weighted by molar-refractivity contribution is 6.11. The quantitative estimate of drug-likeness (QED) is 0.388. The van der Waals surface area contributed by atoms with Crippen LogP contribution in [0.2, 0.25) is 0 Å². The first kappa shape index (κ1) is 24.7. The summed E-state index contributed by atoms with van der Waals surface area (Å²) in [6, 6.07) is 21.4. The number of ether oxygens (including phenoxy) is 2. The summed E-state index contributed by atoms with van der Waals surface area (Å²) in [4.78, 5) is 21.7. The minimum absolute atomic E-state index is 0.0115. The summed E-state index contributed by atoms with van der Waals surface area (Å²) in [5.74, 6) is 1.07. The zero-order valence-electron chi connectivity index (χ0n) is 22.3. The van der Waals surface area contributed by atoms with Crippen LogP contribution < -0.4 is 9.64 Å².